The normalized spacial score (nSPS) is 14.4. The molecule has 326 valence electrons. The quantitative estimate of drug-likeness (QED) is 0.0647. The second kappa shape index (κ2) is 23.2. The fourth-order valence-electron chi connectivity index (χ4n) is 5.96. The summed E-state index contributed by atoms with van der Waals surface area (Å²) in [5, 5.41) is 19.5. The fourth-order valence-corrected chi connectivity index (χ4v) is 5.96. The van der Waals surface area contributed by atoms with E-state index < -0.39 is 60.4 Å². The van der Waals surface area contributed by atoms with E-state index in [-0.39, 0.29) is 74.3 Å². The number of guanidine groups is 2. The summed E-state index contributed by atoms with van der Waals surface area (Å²) >= 11 is 0. The fraction of sp³-hybridized carbons (Fsp3) is 0.308. The molecule has 1 aliphatic rings. The Kier molecular flexibility index (Phi) is 18.3. The molecule has 0 aliphatic carbocycles. The maximum Gasteiger partial charge on any atom is 0.413 e. The molecule has 0 saturated carbocycles. The van der Waals surface area contributed by atoms with Crippen LogP contribution < -0.4 is 37.5 Å². The van der Waals surface area contributed by atoms with E-state index in [9.17, 15) is 38.7 Å². The van der Waals surface area contributed by atoms with Crippen molar-refractivity contribution in [3.63, 3.8) is 0 Å². The average Bonchev–Trinajstić information content (AvgIpc) is 3.23. The summed E-state index contributed by atoms with van der Waals surface area (Å²) in [4.78, 5) is 99.7. The smallest absolute Gasteiger partial charge is 0.413 e. The molecule has 1 aliphatic heterocycles. The summed E-state index contributed by atoms with van der Waals surface area (Å²) in [6, 6.07) is 16.4. The van der Waals surface area contributed by atoms with E-state index in [1.807, 2.05) is 0 Å². The lowest BCUT2D eigenvalue weighted by Crippen LogP contribution is -2.63. The van der Waals surface area contributed by atoms with Gasteiger partial charge in [-0.3, -0.25) is 34.6 Å². The number of hydrogen-bond acceptors (Lipinski definition) is 12. The van der Waals surface area contributed by atoms with Gasteiger partial charge in [-0.15, -0.1) is 12.4 Å². The van der Waals surface area contributed by atoms with Crippen molar-refractivity contribution in [2.45, 2.75) is 31.3 Å². The van der Waals surface area contributed by atoms with Gasteiger partial charge in [0.2, 0.25) is 23.7 Å². The van der Waals surface area contributed by atoms with Crippen LogP contribution in [0.5, 0.6) is 5.75 Å². The van der Waals surface area contributed by atoms with Crippen molar-refractivity contribution in [2.24, 2.45) is 21.5 Å². The number of nitrogens with zero attached hydrogens (tertiary/aromatic N) is 4. The number of carbonyl (C=O) groups is 7. The topological polar surface area (TPSA) is 299 Å². The largest absolute Gasteiger partial charge is 0.497 e. The van der Waals surface area contributed by atoms with Crippen molar-refractivity contribution >= 4 is 77.5 Å². The molecule has 1 heterocycles. The lowest BCUT2D eigenvalue weighted by atomic mass is 9.99. The van der Waals surface area contributed by atoms with Crippen LogP contribution in [-0.2, 0) is 30.3 Å². The Morgan fingerprint density at radius 2 is 1.31 bits per heavy atom. The van der Waals surface area contributed by atoms with Crippen molar-refractivity contribution in [3.05, 3.63) is 89.5 Å². The van der Waals surface area contributed by atoms with E-state index in [0.717, 1.165) is 4.90 Å². The van der Waals surface area contributed by atoms with Gasteiger partial charge in [-0.2, -0.15) is 0 Å². The number of nitrogens with one attached hydrogen (secondary N) is 4. The predicted molar refractivity (Wildman–Crippen MR) is 223 cm³/mol. The van der Waals surface area contributed by atoms with Crippen LogP contribution in [0.3, 0.4) is 0 Å². The molecule has 3 aromatic rings. The van der Waals surface area contributed by atoms with Crippen molar-refractivity contribution in [3.8, 4) is 5.75 Å². The van der Waals surface area contributed by atoms with E-state index in [2.05, 4.69) is 40.7 Å². The molecule has 0 unspecified atom stereocenters. The zero-order chi connectivity index (χ0) is 43.8. The average molecular weight is 867 g/mol. The highest BCUT2D eigenvalue weighted by atomic mass is 35.5. The number of carbonyl (C=O) groups excluding carboxylic acids is 6. The van der Waals surface area contributed by atoms with E-state index in [1.165, 1.54) is 74.8 Å². The van der Waals surface area contributed by atoms with Crippen LogP contribution in [0.2, 0.25) is 0 Å². The monoisotopic (exact) mass is 866 g/mol. The van der Waals surface area contributed by atoms with Crippen molar-refractivity contribution < 1.29 is 52.9 Å². The van der Waals surface area contributed by atoms with Crippen molar-refractivity contribution in [1.82, 2.24) is 31.1 Å². The number of hydrogen-bond donors (Lipinski definition) is 7. The number of ether oxygens (including phenoxy) is 3. The SMILES string of the molecule is COC(=O)NC(N)=Nc1ccc(C(=O)NCCC[C@H]2C(=O)N(CC(=O)O)CCN2C(=O)[C@H](Cc2ccc(OC)cc2)NC(=O)c2ccc(N=C(N)NC(=O)OC)cc2)cc1.Cl. The second-order valence-electron chi connectivity index (χ2n) is 13.0. The number of amides is 6. The molecule has 6 amide bonds. The molecule has 0 aromatic heterocycles. The Morgan fingerprint density at radius 3 is 1.80 bits per heavy atom. The van der Waals surface area contributed by atoms with E-state index >= 15 is 0 Å². The van der Waals surface area contributed by atoms with Gasteiger partial charge in [0.1, 0.15) is 24.4 Å². The Labute approximate surface area is 356 Å². The first-order valence-electron chi connectivity index (χ1n) is 18.3. The minimum absolute atomic E-state index is 0. The Hall–Kier alpha value is -7.42. The highest BCUT2D eigenvalue weighted by molar-refractivity contribution is 6.00. The molecular weight excluding hydrogens is 820 g/mol. The predicted octanol–water partition coefficient (Wildman–Crippen LogP) is 1.40. The lowest BCUT2D eigenvalue weighted by Gasteiger charge is -2.41. The molecule has 0 spiro atoms. The van der Waals surface area contributed by atoms with Gasteiger partial charge in [-0.25, -0.2) is 19.6 Å². The molecule has 4 rings (SSSR count). The van der Waals surface area contributed by atoms with Gasteiger partial charge in [0, 0.05) is 37.2 Å². The summed E-state index contributed by atoms with van der Waals surface area (Å²) in [5.41, 5.74) is 13.2. The highest BCUT2D eigenvalue weighted by Crippen LogP contribution is 2.21. The third-order valence-corrected chi connectivity index (χ3v) is 8.92. The molecule has 21 nitrogen and oxygen atoms in total. The van der Waals surface area contributed by atoms with E-state index in [0.29, 0.717) is 22.7 Å². The number of rotatable bonds is 15. The molecule has 0 bridgehead atoms. The minimum Gasteiger partial charge on any atom is -0.497 e. The molecule has 2 atom stereocenters. The first-order valence-corrected chi connectivity index (χ1v) is 18.3. The molecule has 1 fully saturated rings. The molecule has 1 saturated heterocycles. The number of carboxylic acid groups (broad SMARTS) is 1. The number of alkyl carbamates (subject to hydrolysis) is 2. The van der Waals surface area contributed by atoms with Gasteiger partial charge < -0.3 is 51.2 Å². The molecule has 22 heteroatoms. The third-order valence-electron chi connectivity index (χ3n) is 8.92. The van der Waals surface area contributed by atoms with Crippen LogP contribution in [0.4, 0.5) is 21.0 Å². The molecule has 61 heavy (non-hydrogen) atoms. The van der Waals surface area contributed by atoms with Crippen LogP contribution in [0.25, 0.3) is 0 Å². The van der Waals surface area contributed by atoms with Crippen molar-refractivity contribution in [2.75, 3.05) is 47.5 Å². The summed E-state index contributed by atoms with van der Waals surface area (Å²) in [6.45, 7) is -0.565. The molecule has 3 aromatic carbocycles. The number of aliphatic imine (C=N–C) groups is 2. The minimum atomic E-state index is -1.22. The first-order chi connectivity index (χ1) is 28.7. The van der Waals surface area contributed by atoms with Crippen LogP contribution in [-0.4, -0.2) is 128 Å². The lowest BCUT2D eigenvalue weighted by molar-refractivity contribution is -0.156. The number of piperazine rings is 1. The molecular formula is C39H47ClN10O11. The van der Waals surface area contributed by atoms with E-state index in [4.69, 9.17) is 16.2 Å². The highest BCUT2D eigenvalue weighted by Gasteiger charge is 2.40. The Balaban J connectivity index is 0.00000992. The molecule has 0 radical (unpaired) electrons. The maximum absolute atomic E-state index is 14.5. The van der Waals surface area contributed by atoms with E-state index in [1.54, 1.807) is 24.3 Å². The van der Waals surface area contributed by atoms with Crippen LogP contribution in [0, 0.1) is 0 Å². The summed E-state index contributed by atoms with van der Waals surface area (Å²) < 4.78 is 14.2. The van der Waals surface area contributed by atoms with Crippen molar-refractivity contribution in [1.29, 1.82) is 0 Å². The van der Waals surface area contributed by atoms with Gasteiger partial charge in [-0.05, 0) is 79.1 Å². The molecule has 9 N–H and O–H groups in total. The van der Waals surface area contributed by atoms with Crippen LogP contribution in [0.1, 0.15) is 39.1 Å². The van der Waals surface area contributed by atoms with Crippen LogP contribution >= 0.6 is 12.4 Å². The van der Waals surface area contributed by atoms with Gasteiger partial charge in [-0.1, -0.05) is 12.1 Å². The number of nitrogens with two attached hydrogens (primary N) is 2. The zero-order valence-corrected chi connectivity index (χ0v) is 34.2. The van der Waals surface area contributed by atoms with Gasteiger partial charge >= 0.3 is 18.2 Å². The summed E-state index contributed by atoms with van der Waals surface area (Å²) in [6.07, 6.45) is -1.31. The Morgan fingerprint density at radius 1 is 0.787 bits per heavy atom. The number of methoxy groups -OCH3 is 3. The number of benzene rings is 3. The summed E-state index contributed by atoms with van der Waals surface area (Å²) in [7, 11) is 3.85. The number of aliphatic carboxylic acids is 1. The Bertz CT molecular complexity index is 2100. The summed E-state index contributed by atoms with van der Waals surface area (Å²) in [5.74, 6) is -3.33. The standard InChI is InChI=1S/C39H46N10O11.ClH/c1-58-28-16-6-23(7-17-28)21-29(45-33(53)25-10-14-27(15-11-25)44-37(41)47-39(57)60-3)34(54)49-20-19-48(22-31(50)51)35(55)30(49)5-4-18-42-32(52)24-8-12-26(13-9-24)43-36(40)46-38(56)59-2;/h6-17,29-30H,4-5,18-22H2,1-3H3,(H,42,52)(H,45,53)(H,50,51)(H3,40,43,46,56)(H3,41,44,47,57);1H/t29-,30-;/m0./s1. The first kappa shape index (κ1) is 48.0. The van der Waals surface area contributed by atoms with Gasteiger partial charge in [0.05, 0.1) is 32.7 Å². The second-order valence-corrected chi connectivity index (χ2v) is 13.0. The van der Waals surface area contributed by atoms with Gasteiger partial charge in [0.25, 0.3) is 11.8 Å². The van der Waals surface area contributed by atoms with Gasteiger partial charge in [0.15, 0.2) is 0 Å². The number of halogens is 1. The maximum atomic E-state index is 14.5. The zero-order valence-electron chi connectivity index (χ0n) is 33.4. The third kappa shape index (κ3) is 14.4. The number of carboxylic acids is 1. The van der Waals surface area contributed by atoms with Crippen LogP contribution in [0.15, 0.2) is 82.8 Å².